The molecule has 0 saturated carbocycles. The van der Waals surface area contributed by atoms with Crippen LogP contribution in [-0.4, -0.2) is 30.3 Å². The number of rotatable bonds is 6. The van der Waals surface area contributed by atoms with Gasteiger partial charge in [0.05, 0.1) is 16.6 Å². The molecule has 0 saturated heterocycles. The lowest BCUT2D eigenvalue weighted by atomic mass is 10.1. The predicted octanol–water partition coefficient (Wildman–Crippen LogP) is 4.16. The standard InChI is InChI=1S/C18H17Cl2FN2O2/c1-23(18(25)8-5-12-3-2-4-13(21)9-12)11-17(24)22-14-6-7-15(19)16(20)10-14/h2-4,6-7,9-10H,5,8,11H2,1H3,(H,22,24). The number of hydrogen-bond donors (Lipinski definition) is 1. The number of nitrogens with zero attached hydrogens (tertiary/aromatic N) is 1. The van der Waals surface area contributed by atoms with Gasteiger partial charge in [-0.15, -0.1) is 0 Å². The molecule has 25 heavy (non-hydrogen) atoms. The van der Waals surface area contributed by atoms with Gasteiger partial charge in [-0.1, -0.05) is 35.3 Å². The first kappa shape index (κ1) is 19.2. The number of anilines is 1. The molecule has 0 aliphatic heterocycles. The number of likely N-dealkylation sites (N-methyl/N-ethyl adjacent to an activating group) is 1. The molecule has 2 aromatic rings. The first-order valence-corrected chi connectivity index (χ1v) is 8.34. The fraction of sp³-hybridized carbons (Fsp3) is 0.222. The number of nitrogens with one attached hydrogen (secondary N) is 1. The van der Waals surface area contributed by atoms with Gasteiger partial charge in [0, 0.05) is 19.2 Å². The summed E-state index contributed by atoms with van der Waals surface area (Å²) in [5.74, 6) is -0.882. The number of aryl methyl sites for hydroxylation is 1. The molecular formula is C18H17Cl2FN2O2. The van der Waals surface area contributed by atoms with Crippen molar-refractivity contribution in [1.82, 2.24) is 4.90 Å². The molecule has 132 valence electrons. The summed E-state index contributed by atoms with van der Waals surface area (Å²) < 4.78 is 13.1. The van der Waals surface area contributed by atoms with Crippen molar-refractivity contribution >= 4 is 40.7 Å². The third-order valence-electron chi connectivity index (χ3n) is 3.53. The molecule has 7 heteroatoms. The Morgan fingerprint density at radius 3 is 2.56 bits per heavy atom. The smallest absolute Gasteiger partial charge is 0.243 e. The van der Waals surface area contributed by atoms with Gasteiger partial charge < -0.3 is 10.2 Å². The Labute approximate surface area is 155 Å². The van der Waals surface area contributed by atoms with Crippen molar-refractivity contribution < 1.29 is 14.0 Å². The summed E-state index contributed by atoms with van der Waals surface area (Å²) in [6, 6.07) is 10.8. The highest BCUT2D eigenvalue weighted by atomic mass is 35.5. The van der Waals surface area contributed by atoms with Crippen LogP contribution in [0.3, 0.4) is 0 Å². The van der Waals surface area contributed by atoms with Gasteiger partial charge in [-0.3, -0.25) is 9.59 Å². The summed E-state index contributed by atoms with van der Waals surface area (Å²) >= 11 is 11.7. The van der Waals surface area contributed by atoms with E-state index in [4.69, 9.17) is 23.2 Å². The van der Waals surface area contributed by atoms with Crippen molar-refractivity contribution in [3.63, 3.8) is 0 Å². The maximum atomic E-state index is 13.1. The number of amides is 2. The maximum absolute atomic E-state index is 13.1. The van der Waals surface area contributed by atoms with Gasteiger partial charge in [-0.05, 0) is 42.3 Å². The second kappa shape index (κ2) is 8.83. The lowest BCUT2D eigenvalue weighted by Crippen LogP contribution is -2.35. The summed E-state index contributed by atoms with van der Waals surface area (Å²) in [5, 5.41) is 3.38. The quantitative estimate of drug-likeness (QED) is 0.814. The summed E-state index contributed by atoms with van der Waals surface area (Å²) in [6.07, 6.45) is 0.606. The molecule has 0 aliphatic carbocycles. The largest absolute Gasteiger partial charge is 0.336 e. The minimum Gasteiger partial charge on any atom is -0.336 e. The van der Waals surface area contributed by atoms with Crippen LogP contribution in [0.5, 0.6) is 0 Å². The summed E-state index contributed by atoms with van der Waals surface area (Å²) in [7, 11) is 1.54. The summed E-state index contributed by atoms with van der Waals surface area (Å²) in [5.41, 5.74) is 1.24. The normalized spacial score (nSPS) is 10.4. The molecule has 0 atom stereocenters. The van der Waals surface area contributed by atoms with Crippen molar-refractivity contribution in [2.45, 2.75) is 12.8 Å². The van der Waals surface area contributed by atoms with Crippen LogP contribution < -0.4 is 5.32 Å². The van der Waals surface area contributed by atoms with Crippen LogP contribution >= 0.6 is 23.2 Å². The Balaban J connectivity index is 1.83. The van der Waals surface area contributed by atoms with E-state index in [1.54, 1.807) is 31.3 Å². The minimum atomic E-state index is -0.347. The highest BCUT2D eigenvalue weighted by Gasteiger charge is 2.13. The Kier molecular flexibility index (Phi) is 6.79. The topological polar surface area (TPSA) is 49.4 Å². The van der Waals surface area contributed by atoms with Crippen molar-refractivity contribution in [3.8, 4) is 0 Å². The van der Waals surface area contributed by atoms with E-state index in [1.165, 1.54) is 23.1 Å². The first-order chi connectivity index (χ1) is 11.8. The number of carbonyl (C=O) groups is 2. The Hall–Kier alpha value is -2.11. The zero-order chi connectivity index (χ0) is 18.4. The van der Waals surface area contributed by atoms with Crippen molar-refractivity contribution in [1.29, 1.82) is 0 Å². The lowest BCUT2D eigenvalue weighted by Gasteiger charge is -2.17. The van der Waals surface area contributed by atoms with Gasteiger partial charge in [0.25, 0.3) is 0 Å². The highest BCUT2D eigenvalue weighted by molar-refractivity contribution is 6.42. The molecule has 0 aromatic heterocycles. The number of benzene rings is 2. The molecule has 2 rings (SSSR count). The third-order valence-corrected chi connectivity index (χ3v) is 4.27. The molecule has 0 spiro atoms. The van der Waals surface area contributed by atoms with Crippen LogP contribution in [-0.2, 0) is 16.0 Å². The van der Waals surface area contributed by atoms with Crippen LogP contribution in [0, 0.1) is 5.82 Å². The van der Waals surface area contributed by atoms with E-state index in [9.17, 15) is 14.0 Å². The van der Waals surface area contributed by atoms with Crippen LogP contribution in [0.25, 0.3) is 0 Å². The second-order valence-corrected chi connectivity index (χ2v) is 6.37. The average molecular weight is 383 g/mol. The van der Waals surface area contributed by atoms with Crippen LogP contribution in [0.4, 0.5) is 10.1 Å². The van der Waals surface area contributed by atoms with Gasteiger partial charge in [-0.25, -0.2) is 4.39 Å². The minimum absolute atomic E-state index is 0.0950. The lowest BCUT2D eigenvalue weighted by molar-refractivity contribution is -0.133. The van der Waals surface area contributed by atoms with Gasteiger partial charge >= 0.3 is 0 Å². The third kappa shape index (κ3) is 6.03. The van der Waals surface area contributed by atoms with E-state index < -0.39 is 0 Å². The molecular weight excluding hydrogens is 366 g/mol. The van der Waals surface area contributed by atoms with Crippen LogP contribution in [0.15, 0.2) is 42.5 Å². The molecule has 0 bridgehead atoms. The Morgan fingerprint density at radius 2 is 1.88 bits per heavy atom. The summed E-state index contributed by atoms with van der Waals surface area (Å²) in [4.78, 5) is 25.4. The second-order valence-electron chi connectivity index (χ2n) is 5.56. The van der Waals surface area contributed by atoms with E-state index in [1.807, 2.05) is 0 Å². The van der Waals surface area contributed by atoms with Crippen molar-refractivity contribution in [2.75, 3.05) is 18.9 Å². The number of carbonyl (C=O) groups excluding carboxylic acids is 2. The molecule has 0 radical (unpaired) electrons. The molecule has 1 N–H and O–H groups in total. The Bertz CT molecular complexity index is 783. The van der Waals surface area contributed by atoms with E-state index in [0.717, 1.165) is 5.56 Å². The number of halogens is 3. The van der Waals surface area contributed by atoms with E-state index in [2.05, 4.69) is 5.32 Å². The van der Waals surface area contributed by atoms with E-state index in [0.29, 0.717) is 22.2 Å². The first-order valence-electron chi connectivity index (χ1n) is 7.58. The van der Waals surface area contributed by atoms with Gasteiger partial charge in [-0.2, -0.15) is 0 Å². The van der Waals surface area contributed by atoms with Crippen LogP contribution in [0.1, 0.15) is 12.0 Å². The maximum Gasteiger partial charge on any atom is 0.243 e. The van der Waals surface area contributed by atoms with Gasteiger partial charge in [0.15, 0.2) is 0 Å². The monoisotopic (exact) mass is 382 g/mol. The van der Waals surface area contributed by atoms with Crippen molar-refractivity contribution in [2.24, 2.45) is 0 Å². The summed E-state index contributed by atoms with van der Waals surface area (Å²) in [6.45, 7) is -0.0950. The predicted molar refractivity (Wildman–Crippen MR) is 97.4 cm³/mol. The SMILES string of the molecule is CN(CC(=O)Nc1ccc(Cl)c(Cl)c1)C(=O)CCc1cccc(F)c1. The highest BCUT2D eigenvalue weighted by Crippen LogP contribution is 2.24. The van der Waals surface area contributed by atoms with E-state index in [-0.39, 0.29) is 30.6 Å². The fourth-order valence-electron chi connectivity index (χ4n) is 2.21. The fourth-order valence-corrected chi connectivity index (χ4v) is 2.51. The molecule has 0 unspecified atom stereocenters. The molecule has 0 heterocycles. The molecule has 0 aliphatic rings. The van der Waals surface area contributed by atoms with Crippen molar-refractivity contribution in [3.05, 3.63) is 63.9 Å². The molecule has 2 amide bonds. The van der Waals surface area contributed by atoms with Gasteiger partial charge in [0.2, 0.25) is 11.8 Å². The van der Waals surface area contributed by atoms with Crippen LogP contribution in [0.2, 0.25) is 10.0 Å². The zero-order valence-electron chi connectivity index (χ0n) is 13.6. The zero-order valence-corrected chi connectivity index (χ0v) is 15.1. The molecule has 4 nitrogen and oxygen atoms in total. The molecule has 2 aromatic carbocycles. The number of hydrogen-bond acceptors (Lipinski definition) is 2. The van der Waals surface area contributed by atoms with Gasteiger partial charge in [0.1, 0.15) is 5.82 Å². The molecule has 0 fully saturated rings. The average Bonchev–Trinajstić information content (AvgIpc) is 2.56. The Morgan fingerprint density at radius 1 is 1.12 bits per heavy atom. The van der Waals surface area contributed by atoms with E-state index >= 15 is 0 Å².